The molecule has 0 bridgehead atoms. The molecule has 0 aromatic carbocycles. The summed E-state index contributed by atoms with van der Waals surface area (Å²) in [7, 11) is 0. The van der Waals surface area contributed by atoms with Crippen molar-refractivity contribution in [3.8, 4) is 0 Å². The number of allylic oxidation sites excluding steroid dienone is 9. The van der Waals surface area contributed by atoms with E-state index >= 15 is 0 Å². The summed E-state index contributed by atoms with van der Waals surface area (Å²) < 4.78 is 12.9. The minimum absolute atomic E-state index is 0.0385. The molecule has 6 rings (SSSR count). The molecule has 274 valence electrons. The zero-order valence-corrected chi connectivity index (χ0v) is 34.9. The van der Waals surface area contributed by atoms with Crippen LogP contribution in [0, 0.1) is 11.8 Å². The number of hydrogen-bond acceptors (Lipinski definition) is 5. The lowest BCUT2D eigenvalue weighted by Crippen LogP contribution is -2.25. The van der Waals surface area contributed by atoms with Crippen LogP contribution in [0.5, 0.6) is 0 Å². The molecule has 3 unspecified atom stereocenters. The van der Waals surface area contributed by atoms with Crippen molar-refractivity contribution in [3.63, 3.8) is 0 Å². The maximum absolute atomic E-state index is 6.63. The quantitative estimate of drug-likeness (QED) is 0.188. The van der Waals surface area contributed by atoms with Gasteiger partial charge in [0.1, 0.15) is 18.5 Å². The molecule has 0 N–H and O–H groups in total. The van der Waals surface area contributed by atoms with Crippen LogP contribution >= 0.6 is 34.9 Å². The van der Waals surface area contributed by atoms with Crippen molar-refractivity contribution >= 4 is 45.3 Å². The number of thioether (sulfide) groups is 2. The first-order valence-corrected chi connectivity index (χ1v) is 22.6. The van der Waals surface area contributed by atoms with Crippen LogP contribution in [0.1, 0.15) is 166 Å². The van der Waals surface area contributed by atoms with Crippen LogP contribution in [0.15, 0.2) is 56.1 Å². The van der Waals surface area contributed by atoms with Gasteiger partial charge >= 0.3 is 0 Å². The predicted molar refractivity (Wildman–Crippen MR) is 223 cm³/mol. The molecular formula is C45H64O2S3. The molecule has 3 atom stereocenters. The zero-order chi connectivity index (χ0) is 35.4. The Kier molecular flexibility index (Phi) is 13.5. The number of ether oxygens (including phenoxy) is 2. The molecular weight excluding hydrogens is 669 g/mol. The summed E-state index contributed by atoms with van der Waals surface area (Å²) in [5.74, 6) is 3.37. The maximum atomic E-state index is 6.63. The number of rotatable bonds is 13. The second-order valence-electron chi connectivity index (χ2n) is 15.9. The fourth-order valence-corrected chi connectivity index (χ4v) is 12.7. The third-order valence-electron chi connectivity index (χ3n) is 12.2. The summed E-state index contributed by atoms with van der Waals surface area (Å²) in [5.41, 5.74) is 10.9. The molecule has 0 radical (unpaired) electrons. The van der Waals surface area contributed by atoms with Crippen molar-refractivity contribution in [2.45, 2.75) is 163 Å². The van der Waals surface area contributed by atoms with Crippen molar-refractivity contribution in [3.05, 3.63) is 77.0 Å². The first kappa shape index (κ1) is 38.3. The van der Waals surface area contributed by atoms with Crippen LogP contribution < -0.4 is 0 Å². The van der Waals surface area contributed by atoms with Crippen molar-refractivity contribution in [1.82, 2.24) is 0 Å². The van der Waals surface area contributed by atoms with E-state index in [4.69, 9.17) is 9.47 Å². The predicted octanol–water partition coefficient (Wildman–Crippen LogP) is 14.6. The maximum Gasteiger partial charge on any atom is 0.140 e. The number of thiophene rings is 1. The van der Waals surface area contributed by atoms with Gasteiger partial charge in [-0.3, -0.25) is 0 Å². The van der Waals surface area contributed by atoms with Gasteiger partial charge < -0.3 is 9.47 Å². The van der Waals surface area contributed by atoms with E-state index in [1.54, 1.807) is 27.2 Å². The van der Waals surface area contributed by atoms with E-state index in [2.05, 4.69) is 85.0 Å². The molecule has 0 spiro atoms. The Hall–Kier alpha value is -1.40. The van der Waals surface area contributed by atoms with Gasteiger partial charge in [0.05, 0.1) is 11.5 Å². The van der Waals surface area contributed by atoms with Crippen LogP contribution in [-0.4, -0.2) is 24.6 Å². The van der Waals surface area contributed by atoms with Gasteiger partial charge in [0.15, 0.2) is 0 Å². The van der Waals surface area contributed by atoms with E-state index in [9.17, 15) is 0 Å². The highest BCUT2D eigenvalue weighted by Gasteiger charge is 2.34. The fraction of sp³-hybridized carbons (Fsp3) is 0.644. The highest BCUT2D eigenvalue weighted by atomic mass is 32.2. The molecule has 3 heterocycles. The van der Waals surface area contributed by atoms with Gasteiger partial charge in [-0.25, -0.2) is 0 Å². The van der Waals surface area contributed by atoms with E-state index in [0.29, 0.717) is 24.4 Å². The lowest BCUT2D eigenvalue weighted by molar-refractivity contribution is -0.0320. The smallest absolute Gasteiger partial charge is 0.140 e. The Morgan fingerprint density at radius 3 is 2.44 bits per heavy atom. The Balaban J connectivity index is 1.45. The van der Waals surface area contributed by atoms with Crippen molar-refractivity contribution < 1.29 is 9.47 Å². The second kappa shape index (κ2) is 17.6. The molecule has 0 amide bonds. The van der Waals surface area contributed by atoms with Crippen LogP contribution in [-0.2, 0) is 15.9 Å². The van der Waals surface area contributed by atoms with Crippen molar-refractivity contribution in [2.24, 2.45) is 11.8 Å². The van der Waals surface area contributed by atoms with Crippen LogP contribution in [0.3, 0.4) is 0 Å². The van der Waals surface area contributed by atoms with Crippen LogP contribution in [0.4, 0.5) is 0 Å². The van der Waals surface area contributed by atoms with Crippen LogP contribution in [0.2, 0.25) is 0 Å². The summed E-state index contributed by atoms with van der Waals surface area (Å²) in [6, 6.07) is 0. The van der Waals surface area contributed by atoms with Crippen molar-refractivity contribution in [1.29, 1.82) is 0 Å². The largest absolute Gasteiger partial charge is 0.492 e. The molecule has 50 heavy (non-hydrogen) atoms. The normalized spacial score (nSPS) is 25.3. The second-order valence-corrected chi connectivity index (χ2v) is 19.6. The van der Waals surface area contributed by atoms with Gasteiger partial charge in [-0.05, 0) is 155 Å². The van der Waals surface area contributed by atoms with Gasteiger partial charge in [0, 0.05) is 15.0 Å². The first-order chi connectivity index (χ1) is 24.2. The highest BCUT2D eigenvalue weighted by molar-refractivity contribution is 8.12. The van der Waals surface area contributed by atoms with Gasteiger partial charge in [-0.2, -0.15) is 0 Å². The SMILES string of the molecule is CC/C=C/C(=C(/CCCC1CCC1)C(C)=C(C)C)c1sc(/C(SC(C)C2=CCC(C3CCC3)=C(C)S2)=C2\OCCOC2C)c2c1CCCC2C. The van der Waals surface area contributed by atoms with Gasteiger partial charge in [0.25, 0.3) is 0 Å². The Morgan fingerprint density at radius 2 is 1.80 bits per heavy atom. The topological polar surface area (TPSA) is 18.5 Å². The lowest BCUT2D eigenvalue weighted by atomic mass is 9.78. The summed E-state index contributed by atoms with van der Waals surface area (Å²) in [5, 5.41) is 0.350. The molecule has 2 nitrogen and oxygen atoms in total. The molecule has 5 aliphatic rings. The van der Waals surface area contributed by atoms with Gasteiger partial charge in [0.2, 0.25) is 0 Å². The minimum Gasteiger partial charge on any atom is -0.492 e. The Bertz CT molecular complexity index is 1570. The molecule has 1 aromatic heterocycles. The Morgan fingerprint density at radius 1 is 1.02 bits per heavy atom. The van der Waals surface area contributed by atoms with E-state index in [-0.39, 0.29) is 6.10 Å². The van der Waals surface area contributed by atoms with Gasteiger partial charge in [-0.1, -0.05) is 87.1 Å². The average molecular weight is 733 g/mol. The summed E-state index contributed by atoms with van der Waals surface area (Å²) in [4.78, 5) is 7.39. The summed E-state index contributed by atoms with van der Waals surface area (Å²) >= 11 is 6.16. The number of hydrogen-bond donors (Lipinski definition) is 0. The lowest BCUT2D eigenvalue weighted by Gasteiger charge is -2.33. The first-order valence-electron chi connectivity index (χ1n) is 20.1. The highest BCUT2D eigenvalue weighted by Crippen LogP contribution is 2.54. The molecule has 3 aliphatic carbocycles. The molecule has 1 aromatic rings. The number of fused-ring (bicyclic) bond motifs is 1. The van der Waals surface area contributed by atoms with E-state index in [0.717, 1.165) is 30.4 Å². The molecule has 2 saturated carbocycles. The molecule has 3 fully saturated rings. The fourth-order valence-electron chi connectivity index (χ4n) is 8.46. The monoisotopic (exact) mass is 732 g/mol. The molecule has 1 saturated heterocycles. The van der Waals surface area contributed by atoms with Crippen LogP contribution in [0.25, 0.3) is 10.5 Å². The van der Waals surface area contributed by atoms with Crippen molar-refractivity contribution in [2.75, 3.05) is 13.2 Å². The Labute approximate surface area is 317 Å². The average Bonchev–Trinajstić information content (AvgIpc) is 3.44. The zero-order valence-electron chi connectivity index (χ0n) is 32.5. The standard InChI is InChI=1S/C45H64O2S3/c1-9-10-21-38(36(30(5)28(2)3)22-13-18-34-16-12-17-34)43-39-23-11-15-29(4)41(39)44(50-43)45(42-31(6)46-26-27-47-42)49-33(8)40-25-24-37(32(7)48-40)35-19-14-20-35/h10,21,25,29,31,33-35H,9,11-20,22-24,26-27H2,1-8H3/b21-10+,38-36+,45-42+. The molecule has 5 heteroatoms. The van der Waals surface area contributed by atoms with Gasteiger partial charge in [-0.15, -0.1) is 23.1 Å². The third-order valence-corrected chi connectivity index (χ3v) is 16.4. The summed E-state index contributed by atoms with van der Waals surface area (Å²) in [6.07, 6.45) is 25.6. The molecule has 2 aliphatic heterocycles. The summed E-state index contributed by atoms with van der Waals surface area (Å²) in [6.45, 7) is 20.1. The van der Waals surface area contributed by atoms with E-state index < -0.39 is 0 Å². The third kappa shape index (κ3) is 8.53. The van der Waals surface area contributed by atoms with E-state index in [1.807, 2.05) is 23.5 Å². The van der Waals surface area contributed by atoms with E-state index in [1.165, 1.54) is 113 Å². The minimum atomic E-state index is -0.0385.